The molecular weight excluding hydrogens is 468 g/mol. The van der Waals surface area contributed by atoms with Crippen molar-refractivity contribution in [2.24, 2.45) is 0 Å². The van der Waals surface area contributed by atoms with Gasteiger partial charge in [0, 0.05) is 5.69 Å². The van der Waals surface area contributed by atoms with Crippen LogP contribution in [0.2, 0.25) is 0 Å². The Morgan fingerprint density at radius 3 is 2.17 bits per heavy atom. The zero-order valence-electron chi connectivity index (χ0n) is 19.3. The molecule has 1 amide bonds. The number of hydrogen-bond acceptors (Lipinski definition) is 6. The first kappa shape index (κ1) is 24.4. The fraction of sp³-hybridized carbons (Fsp3) is 0.231. The molecule has 3 aromatic carbocycles. The van der Waals surface area contributed by atoms with Gasteiger partial charge in [0.2, 0.25) is 0 Å². The lowest BCUT2D eigenvalue weighted by Crippen LogP contribution is -2.47. The van der Waals surface area contributed by atoms with Crippen molar-refractivity contribution in [2.45, 2.75) is 42.7 Å². The quantitative estimate of drug-likeness (QED) is 0.465. The Morgan fingerprint density at radius 1 is 0.971 bits per heavy atom. The number of fused-ring (bicyclic) bond motifs is 1. The molecule has 0 bridgehead atoms. The van der Waals surface area contributed by atoms with E-state index in [4.69, 9.17) is 4.74 Å². The van der Waals surface area contributed by atoms with E-state index in [0.717, 1.165) is 11.1 Å². The average molecular weight is 495 g/mol. The molecule has 0 aromatic heterocycles. The molecule has 0 aliphatic carbocycles. The number of amides is 1. The van der Waals surface area contributed by atoms with E-state index in [1.54, 1.807) is 62.4 Å². The average Bonchev–Trinajstić information content (AvgIpc) is 2.83. The Balaban J connectivity index is 1.55. The standard InChI is InChI=1S/C26H26N2O6S/c1-16(2)34-26(31)27-20-11-7-17(8-12-20)18-9-13-21(14-10-18)35(32,33)24-22-6-4-3-5-19(22)15-23(28-24)25(29)30/h3-14,16,23-24,28H,15H2,1-2H3,(H,27,31)(H,29,30)/t23-,24?/m1/s1. The van der Waals surface area contributed by atoms with E-state index in [1.165, 1.54) is 12.1 Å². The van der Waals surface area contributed by atoms with Gasteiger partial charge in [-0.2, -0.15) is 0 Å². The van der Waals surface area contributed by atoms with Gasteiger partial charge in [-0.25, -0.2) is 13.2 Å². The van der Waals surface area contributed by atoms with Crippen molar-refractivity contribution in [1.82, 2.24) is 5.32 Å². The highest BCUT2D eigenvalue weighted by Gasteiger charge is 2.38. The lowest BCUT2D eigenvalue weighted by Gasteiger charge is -2.30. The van der Waals surface area contributed by atoms with Crippen LogP contribution in [0.3, 0.4) is 0 Å². The van der Waals surface area contributed by atoms with Crippen LogP contribution in [-0.4, -0.2) is 37.7 Å². The molecular formula is C26H26N2O6S. The second-order valence-corrected chi connectivity index (χ2v) is 10.6. The second-order valence-electron chi connectivity index (χ2n) is 8.57. The number of anilines is 1. The molecule has 8 nitrogen and oxygen atoms in total. The number of carboxylic acid groups (broad SMARTS) is 1. The van der Waals surface area contributed by atoms with Crippen LogP contribution in [0.1, 0.15) is 30.3 Å². The summed E-state index contributed by atoms with van der Waals surface area (Å²) in [5, 5.41) is 13.8. The minimum Gasteiger partial charge on any atom is -0.480 e. The number of sulfone groups is 1. The minimum atomic E-state index is -3.91. The van der Waals surface area contributed by atoms with E-state index < -0.39 is 33.3 Å². The van der Waals surface area contributed by atoms with Crippen LogP contribution < -0.4 is 10.6 Å². The third-order valence-corrected chi connectivity index (χ3v) is 7.65. The molecule has 35 heavy (non-hydrogen) atoms. The number of carboxylic acids is 1. The summed E-state index contributed by atoms with van der Waals surface area (Å²) in [6.45, 7) is 3.53. The van der Waals surface area contributed by atoms with E-state index >= 15 is 0 Å². The maximum atomic E-state index is 13.5. The maximum absolute atomic E-state index is 13.5. The highest BCUT2D eigenvalue weighted by atomic mass is 32.2. The predicted octanol–water partition coefficient (Wildman–Crippen LogP) is 4.38. The number of carbonyl (C=O) groups excluding carboxylic acids is 1. The third-order valence-electron chi connectivity index (χ3n) is 5.71. The van der Waals surface area contributed by atoms with Crippen LogP contribution in [-0.2, 0) is 25.8 Å². The molecule has 9 heteroatoms. The normalized spacial score (nSPS) is 17.5. The Labute approximate surface area is 203 Å². The van der Waals surface area contributed by atoms with Crippen molar-refractivity contribution < 1.29 is 27.9 Å². The van der Waals surface area contributed by atoms with Crippen LogP contribution in [0.25, 0.3) is 11.1 Å². The lowest BCUT2D eigenvalue weighted by molar-refractivity contribution is -0.139. The summed E-state index contributed by atoms with van der Waals surface area (Å²) in [5.74, 6) is -1.09. The van der Waals surface area contributed by atoms with Crippen molar-refractivity contribution in [2.75, 3.05) is 5.32 Å². The summed E-state index contributed by atoms with van der Waals surface area (Å²) in [7, 11) is -3.91. The molecule has 1 heterocycles. The van der Waals surface area contributed by atoms with Crippen LogP contribution in [0.4, 0.5) is 10.5 Å². The number of aliphatic carboxylic acids is 1. The van der Waals surface area contributed by atoms with E-state index in [-0.39, 0.29) is 17.4 Å². The van der Waals surface area contributed by atoms with Gasteiger partial charge >= 0.3 is 12.1 Å². The van der Waals surface area contributed by atoms with Gasteiger partial charge < -0.3 is 9.84 Å². The van der Waals surface area contributed by atoms with Gasteiger partial charge in [0.1, 0.15) is 11.4 Å². The SMILES string of the molecule is CC(C)OC(=O)Nc1ccc(-c2ccc(S(=O)(=O)C3N[C@@H](C(=O)O)Cc4ccccc43)cc2)cc1. The highest BCUT2D eigenvalue weighted by molar-refractivity contribution is 7.91. The third kappa shape index (κ3) is 5.36. The van der Waals surface area contributed by atoms with Crippen molar-refractivity contribution in [1.29, 1.82) is 0 Å². The molecule has 0 saturated carbocycles. The van der Waals surface area contributed by atoms with E-state index in [1.807, 2.05) is 12.1 Å². The molecule has 0 fully saturated rings. The van der Waals surface area contributed by atoms with Gasteiger partial charge in [-0.15, -0.1) is 0 Å². The summed E-state index contributed by atoms with van der Waals surface area (Å²) in [5.41, 5.74) is 3.47. The van der Waals surface area contributed by atoms with E-state index in [9.17, 15) is 23.1 Å². The molecule has 0 spiro atoms. The second kappa shape index (κ2) is 9.89. The Kier molecular flexibility index (Phi) is 6.90. The first-order valence-corrected chi connectivity index (χ1v) is 12.7. The minimum absolute atomic E-state index is 0.0920. The molecule has 2 atom stereocenters. The molecule has 3 aromatic rings. The van der Waals surface area contributed by atoms with Gasteiger partial charge in [0.25, 0.3) is 0 Å². The summed E-state index contributed by atoms with van der Waals surface area (Å²) in [4.78, 5) is 23.5. The number of nitrogens with one attached hydrogen (secondary N) is 2. The fourth-order valence-corrected chi connectivity index (χ4v) is 5.72. The smallest absolute Gasteiger partial charge is 0.411 e. The first-order chi connectivity index (χ1) is 16.6. The number of rotatable bonds is 6. The summed E-state index contributed by atoms with van der Waals surface area (Å²) in [6.07, 6.45) is -0.544. The molecule has 3 N–H and O–H groups in total. The number of carbonyl (C=O) groups is 2. The van der Waals surface area contributed by atoms with E-state index in [0.29, 0.717) is 16.8 Å². The number of benzene rings is 3. The highest BCUT2D eigenvalue weighted by Crippen LogP contribution is 2.34. The molecule has 182 valence electrons. The Hall–Kier alpha value is -3.69. The molecule has 0 saturated heterocycles. The predicted molar refractivity (Wildman–Crippen MR) is 132 cm³/mol. The summed E-state index contributed by atoms with van der Waals surface area (Å²) >= 11 is 0. The molecule has 4 rings (SSSR count). The Morgan fingerprint density at radius 2 is 1.57 bits per heavy atom. The van der Waals surface area contributed by atoms with Gasteiger partial charge in [-0.1, -0.05) is 48.5 Å². The topological polar surface area (TPSA) is 122 Å². The number of hydrogen-bond donors (Lipinski definition) is 3. The van der Waals surface area contributed by atoms with Gasteiger partial charge in [0.05, 0.1) is 11.0 Å². The van der Waals surface area contributed by atoms with Gasteiger partial charge in [-0.05, 0) is 66.8 Å². The van der Waals surface area contributed by atoms with Crippen molar-refractivity contribution in [3.05, 3.63) is 83.9 Å². The van der Waals surface area contributed by atoms with E-state index in [2.05, 4.69) is 10.6 Å². The van der Waals surface area contributed by atoms with Crippen molar-refractivity contribution in [3.63, 3.8) is 0 Å². The van der Waals surface area contributed by atoms with Crippen molar-refractivity contribution >= 4 is 27.6 Å². The first-order valence-electron chi connectivity index (χ1n) is 11.1. The molecule has 0 radical (unpaired) electrons. The molecule has 1 aliphatic heterocycles. The maximum Gasteiger partial charge on any atom is 0.411 e. The largest absolute Gasteiger partial charge is 0.480 e. The lowest BCUT2D eigenvalue weighted by atomic mass is 9.96. The van der Waals surface area contributed by atoms with Gasteiger partial charge in [0.15, 0.2) is 9.84 Å². The van der Waals surface area contributed by atoms with Crippen LogP contribution in [0.15, 0.2) is 77.7 Å². The number of ether oxygens (including phenoxy) is 1. The zero-order valence-corrected chi connectivity index (χ0v) is 20.1. The fourth-order valence-electron chi connectivity index (χ4n) is 4.02. The van der Waals surface area contributed by atoms with Crippen LogP contribution in [0.5, 0.6) is 0 Å². The van der Waals surface area contributed by atoms with Crippen LogP contribution in [0, 0.1) is 0 Å². The molecule has 1 unspecified atom stereocenters. The van der Waals surface area contributed by atoms with Gasteiger partial charge in [-0.3, -0.25) is 15.4 Å². The summed E-state index contributed by atoms with van der Waals surface area (Å²) < 4.78 is 32.0. The molecule has 1 aliphatic rings. The Bertz CT molecular complexity index is 1340. The zero-order chi connectivity index (χ0) is 25.2. The van der Waals surface area contributed by atoms with Crippen LogP contribution >= 0.6 is 0 Å². The summed E-state index contributed by atoms with van der Waals surface area (Å²) in [6, 6.07) is 19.5. The van der Waals surface area contributed by atoms with Crippen molar-refractivity contribution in [3.8, 4) is 11.1 Å². The monoisotopic (exact) mass is 494 g/mol.